The first-order valence-corrected chi connectivity index (χ1v) is 11.2. The third-order valence-corrected chi connectivity index (χ3v) is 5.66. The van der Waals surface area contributed by atoms with Gasteiger partial charge in [-0.2, -0.15) is 8.42 Å². The summed E-state index contributed by atoms with van der Waals surface area (Å²) in [6.45, 7) is 4.78. The maximum atomic E-state index is 10.5. The molecule has 3 aromatic rings. The SMILES string of the molecule is Cc1ccc(S(=O)(=O)O)cc1.c1ccc(-c2cncc(OCC3CCNC3)c2)cc1. The zero-order valence-corrected chi connectivity index (χ0v) is 17.7. The van der Waals surface area contributed by atoms with Gasteiger partial charge in [-0.05, 0) is 43.7 Å². The highest BCUT2D eigenvalue weighted by atomic mass is 32.2. The second-order valence-corrected chi connectivity index (χ2v) is 8.65. The van der Waals surface area contributed by atoms with Crippen molar-refractivity contribution in [1.29, 1.82) is 0 Å². The third kappa shape index (κ3) is 6.66. The molecule has 1 aromatic heterocycles. The number of nitrogens with zero attached hydrogens (tertiary/aromatic N) is 1. The summed E-state index contributed by atoms with van der Waals surface area (Å²) in [6, 6.07) is 18.3. The summed E-state index contributed by atoms with van der Waals surface area (Å²) in [6.07, 6.45) is 4.86. The highest BCUT2D eigenvalue weighted by Gasteiger charge is 2.15. The summed E-state index contributed by atoms with van der Waals surface area (Å²) in [7, 11) is -4.02. The Kier molecular flexibility index (Phi) is 7.57. The van der Waals surface area contributed by atoms with E-state index in [9.17, 15) is 8.42 Å². The van der Waals surface area contributed by atoms with Crippen molar-refractivity contribution < 1.29 is 17.7 Å². The van der Waals surface area contributed by atoms with Gasteiger partial charge in [-0.25, -0.2) is 0 Å². The van der Waals surface area contributed by atoms with Gasteiger partial charge < -0.3 is 10.1 Å². The van der Waals surface area contributed by atoms with E-state index in [1.54, 1.807) is 18.3 Å². The van der Waals surface area contributed by atoms with Crippen molar-refractivity contribution >= 4 is 10.1 Å². The van der Waals surface area contributed by atoms with Gasteiger partial charge in [-0.3, -0.25) is 9.54 Å². The van der Waals surface area contributed by atoms with Gasteiger partial charge in [0, 0.05) is 24.2 Å². The maximum Gasteiger partial charge on any atom is 0.294 e. The number of aryl methyl sites for hydroxylation is 1. The molecule has 6 nitrogen and oxygen atoms in total. The van der Waals surface area contributed by atoms with Crippen LogP contribution in [0.3, 0.4) is 0 Å². The van der Waals surface area contributed by atoms with E-state index >= 15 is 0 Å². The number of pyridine rings is 1. The standard InChI is InChI=1S/C16H18N2O.C7H8O3S/c1-2-4-14(5-3-1)15-8-16(11-18-10-15)19-12-13-6-7-17-9-13;1-6-2-4-7(5-3-6)11(8,9)10/h1-5,8,10-11,13,17H,6-7,9,12H2;2-5H,1H3,(H,8,9,10). The lowest BCUT2D eigenvalue weighted by molar-refractivity contribution is 0.259. The Labute approximate surface area is 177 Å². The largest absolute Gasteiger partial charge is 0.492 e. The molecule has 0 radical (unpaired) electrons. The van der Waals surface area contributed by atoms with Gasteiger partial charge in [-0.1, -0.05) is 48.0 Å². The normalized spacial score (nSPS) is 15.9. The summed E-state index contributed by atoms with van der Waals surface area (Å²) in [5.41, 5.74) is 3.23. The van der Waals surface area contributed by atoms with Crippen LogP contribution in [0.1, 0.15) is 12.0 Å². The summed E-state index contributed by atoms with van der Waals surface area (Å²) in [5, 5.41) is 3.35. The number of hydrogen-bond acceptors (Lipinski definition) is 5. The van der Waals surface area contributed by atoms with Crippen LogP contribution in [0, 0.1) is 12.8 Å². The molecule has 7 heteroatoms. The molecule has 0 amide bonds. The van der Waals surface area contributed by atoms with Crippen molar-refractivity contribution in [2.45, 2.75) is 18.2 Å². The fourth-order valence-electron chi connectivity index (χ4n) is 3.07. The Morgan fingerprint density at radius 1 is 1.07 bits per heavy atom. The number of benzene rings is 2. The second kappa shape index (κ2) is 10.3. The van der Waals surface area contributed by atoms with Crippen LogP contribution in [0.5, 0.6) is 5.75 Å². The van der Waals surface area contributed by atoms with Gasteiger partial charge >= 0.3 is 0 Å². The third-order valence-electron chi connectivity index (χ3n) is 4.79. The molecule has 0 bridgehead atoms. The lowest BCUT2D eigenvalue weighted by atomic mass is 10.1. The lowest BCUT2D eigenvalue weighted by Crippen LogP contribution is -2.15. The van der Waals surface area contributed by atoms with E-state index < -0.39 is 10.1 Å². The fraction of sp³-hybridized carbons (Fsp3) is 0.261. The zero-order valence-electron chi connectivity index (χ0n) is 16.9. The molecule has 0 spiro atoms. The Morgan fingerprint density at radius 2 is 1.80 bits per heavy atom. The van der Waals surface area contributed by atoms with Crippen LogP contribution in [-0.4, -0.2) is 37.7 Å². The minimum Gasteiger partial charge on any atom is -0.492 e. The predicted molar refractivity (Wildman–Crippen MR) is 117 cm³/mol. The minimum absolute atomic E-state index is 0.0666. The number of nitrogens with one attached hydrogen (secondary N) is 1. The van der Waals surface area contributed by atoms with Crippen LogP contribution < -0.4 is 10.1 Å². The van der Waals surface area contributed by atoms with Crippen molar-refractivity contribution in [2.75, 3.05) is 19.7 Å². The Morgan fingerprint density at radius 3 is 2.43 bits per heavy atom. The van der Waals surface area contributed by atoms with Crippen LogP contribution >= 0.6 is 0 Å². The van der Waals surface area contributed by atoms with E-state index in [0.29, 0.717) is 5.92 Å². The molecule has 1 unspecified atom stereocenters. The van der Waals surface area contributed by atoms with Crippen LogP contribution in [0.15, 0.2) is 78.0 Å². The van der Waals surface area contributed by atoms with Gasteiger partial charge in [0.25, 0.3) is 10.1 Å². The Bertz CT molecular complexity index is 1030. The molecular weight excluding hydrogens is 400 g/mol. The van der Waals surface area contributed by atoms with Crippen molar-refractivity contribution in [3.63, 3.8) is 0 Å². The van der Waals surface area contributed by atoms with Crippen LogP contribution in [-0.2, 0) is 10.1 Å². The van der Waals surface area contributed by atoms with E-state index in [1.807, 2.05) is 31.3 Å². The topological polar surface area (TPSA) is 88.5 Å². The number of ether oxygens (including phenoxy) is 1. The number of aromatic nitrogens is 1. The Hall–Kier alpha value is -2.74. The highest BCUT2D eigenvalue weighted by molar-refractivity contribution is 7.85. The smallest absolute Gasteiger partial charge is 0.294 e. The van der Waals surface area contributed by atoms with E-state index in [-0.39, 0.29) is 4.90 Å². The van der Waals surface area contributed by atoms with Gasteiger partial charge in [0.1, 0.15) is 5.75 Å². The molecule has 2 heterocycles. The molecule has 2 N–H and O–H groups in total. The average Bonchev–Trinajstić information content (AvgIpc) is 3.27. The van der Waals surface area contributed by atoms with Crippen molar-refractivity contribution in [3.8, 4) is 16.9 Å². The van der Waals surface area contributed by atoms with Crippen LogP contribution in [0.4, 0.5) is 0 Å². The van der Waals surface area contributed by atoms with E-state index in [4.69, 9.17) is 9.29 Å². The van der Waals surface area contributed by atoms with Gasteiger partial charge in [0.2, 0.25) is 0 Å². The lowest BCUT2D eigenvalue weighted by Gasteiger charge is -2.11. The Balaban J connectivity index is 0.000000199. The summed E-state index contributed by atoms with van der Waals surface area (Å²) in [5.74, 6) is 1.48. The quantitative estimate of drug-likeness (QED) is 0.600. The monoisotopic (exact) mass is 426 g/mol. The molecule has 158 valence electrons. The molecule has 2 aromatic carbocycles. The number of hydrogen-bond donors (Lipinski definition) is 2. The fourth-order valence-corrected chi connectivity index (χ4v) is 3.55. The molecule has 1 aliphatic heterocycles. The van der Waals surface area contributed by atoms with Crippen molar-refractivity contribution in [1.82, 2.24) is 10.3 Å². The molecule has 0 saturated carbocycles. The van der Waals surface area contributed by atoms with E-state index in [1.165, 1.54) is 24.1 Å². The van der Waals surface area contributed by atoms with Gasteiger partial charge in [0.15, 0.2) is 0 Å². The second-order valence-electron chi connectivity index (χ2n) is 7.23. The summed E-state index contributed by atoms with van der Waals surface area (Å²) >= 11 is 0. The van der Waals surface area contributed by atoms with E-state index in [2.05, 4.69) is 28.5 Å². The summed E-state index contributed by atoms with van der Waals surface area (Å²) < 4.78 is 35.4. The average molecular weight is 427 g/mol. The predicted octanol–water partition coefficient (Wildman–Crippen LogP) is 3.98. The molecule has 0 aliphatic carbocycles. The van der Waals surface area contributed by atoms with Crippen LogP contribution in [0.25, 0.3) is 11.1 Å². The first-order chi connectivity index (χ1) is 14.4. The van der Waals surface area contributed by atoms with Crippen molar-refractivity contribution in [2.24, 2.45) is 5.92 Å². The highest BCUT2D eigenvalue weighted by Crippen LogP contribution is 2.23. The maximum absolute atomic E-state index is 10.5. The molecule has 1 atom stereocenters. The van der Waals surface area contributed by atoms with Gasteiger partial charge in [0.05, 0.1) is 17.7 Å². The van der Waals surface area contributed by atoms with Crippen LogP contribution in [0.2, 0.25) is 0 Å². The molecule has 4 rings (SSSR count). The molecule has 1 aliphatic rings. The summed E-state index contributed by atoms with van der Waals surface area (Å²) in [4.78, 5) is 4.20. The van der Waals surface area contributed by atoms with Gasteiger partial charge in [-0.15, -0.1) is 0 Å². The first-order valence-electron chi connectivity index (χ1n) is 9.80. The minimum atomic E-state index is -4.02. The molecular formula is C23H26N2O4S. The first kappa shape index (κ1) is 22.0. The molecule has 30 heavy (non-hydrogen) atoms. The van der Waals surface area contributed by atoms with E-state index in [0.717, 1.165) is 36.6 Å². The zero-order chi connectivity index (χ0) is 21.4. The number of rotatable bonds is 5. The molecule has 1 saturated heterocycles. The van der Waals surface area contributed by atoms with Crippen molar-refractivity contribution in [3.05, 3.63) is 78.6 Å². The molecule has 1 fully saturated rings.